The number of methoxy groups -OCH3 is 2. The van der Waals surface area contributed by atoms with E-state index < -0.39 is 11.9 Å². The van der Waals surface area contributed by atoms with E-state index in [2.05, 4.69) is 5.32 Å². The number of amides is 1. The lowest BCUT2D eigenvalue weighted by atomic mass is 10.00. The van der Waals surface area contributed by atoms with Gasteiger partial charge < -0.3 is 19.9 Å². The molecular weight excluding hydrogens is 418 g/mol. The van der Waals surface area contributed by atoms with Crippen molar-refractivity contribution in [2.75, 3.05) is 14.2 Å². The van der Waals surface area contributed by atoms with E-state index >= 15 is 0 Å². The largest absolute Gasteiger partial charge is 0.493 e. The highest BCUT2D eigenvalue weighted by Crippen LogP contribution is 2.42. The van der Waals surface area contributed by atoms with Gasteiger partial charge in [0.1, 0.15) is 5.70 Å². The highest BCUT2D eigenvalue weighted by molar-refractivity contribution is 6.33. The number of nitrogens with one attached hydrogen (secondary N) is 1. The number of benzene rings is 3. The number of carbonyl (C=O) groups excluding carboxylic acids is 1. The lowest BCUT2D eigenvalue weighted by Crippen LogP contribution is -2.27. The minimum absolute atomic E-state index is 0.286. The summed E-state index contributed by atoms with van der Waals surface area (Å²) in [4.78, 5) is 24.2. The molecule has 0 aliphatic heterocycles. The third-order valence-electron chi connectivity index (χ3n) is 4.49. The first-order chi connectivity index (χ1) is 14.9. The Morgan fingerprint density at radius 1 is 0.935 bits per heavy atom. The zero-order chi connectivity index (χ0) is 22.4. The van der Waals surface area contributed by atoms with Crippen LogP contribution in [-0.2, 0) is 4.79 Å². The van der Waals surface area contributed by atoms with Crippen LogP contribution in [0.1, 0.15) is 15.9 Å². The van der Waals surface area contributed by atoms with E-state index in [9.17, 15) is 14.7 Å². The van der Waals surface area contributed by atoms with Crippen LogP contribution in [-0.4, -0.2) is 31.2 Å². The van der Waals surface area contributed by atoms with E-state index in [1.807, 2.05) is 12.1 Å². The number of rotatable bonds is 7. The van der Waals surface area contributed by atoms with Crippen LogP contribution in [0.2, 0.25) is 5.02 Å². The van der Waals surface area contributed by atoms with Crippen molar-refractivity contribution >= 4 is 29.6 Å². The van der Waals surface area contributed by atoms with Crippen molar-refractivity contribution in [2.45, 2.75) is 0 Å². The molecule has 0 unspecified atom stereocenters. The summed E-state index contributed by atoms with van der Waals surface area (Å²) in [7, 11) is 2.99. The summed E-state index contributed by atoms with van der Waals surface area (Å²) in [5, 5.41) is 12.6. The normalized spacial score (nSPS) is 11.0. The second-order valence-electron chi connectivity index (χ2n) is 6.47. The van der Waals surface area contributed by atoms with Gasteiger partial charge in [-0.15, -0.1) is 0 Å². The average Bonchev–Trinajstić information content (AvgIpc) is 2.78. The van der Waals surface area contributed by atoms with Crippen LogP contribution in [0.4, 0.5) is 0 Å². The molecule has 1 amide bonds. The Hall–Kier alpha value is -3.77. The average molecular weight is 438 g/mol. The topological polar surface area (TPSA) is 84.9 Å². The molecule has 3 rings (SSSR count). The van der Waals surface area contributed by atoms with Crippen LogP contribution in [0.5, 0.6) is 11.5 Å². The van der Waals surface area contributed by atoms with Crippen molar-refractivity contribution in [1.82, 2.24) is 5.32 Å². The van der Waals surface area contributed by atoms with Gasteiger partial charge in [0.15, 0.2) is 11.5 Å². The number of ether oxygens (including phenoxy) is 2. The smallest absolute Gasteiger partial charge is 0.352 e. The van der Waals surface area contributed by atoms with Gasteiger partial charge in [0.05, 0.1) is 14.2 Å². The molecule has 0 radical (unpaired) electrons. The third-order valence-corrected chi connectivity index (χ3v) is 4.82. The number of aliphatic carboxylic acids is 1. The van der Waals surface area contributed by atoms with E-state index in [0.29, 0.717) is 38.8 Å². The van der Waals surface area contributed by atoms with Crippen LogP contribution in [0, 0.1) is 0 Å². The molecule has 0 fully saturated rings. The zero-order valence-electron chi connectivity index (χ0n) is 16.9. The van der Waals surface area contributed by atoms with E-state index in [0.717, 1.165) is 0 Å². The molecule has 0 heterocycles. The highest BCUT2D eigenvalue weighted by Gasteiger charge is 2.18. The maximum absolute atomic E-state index is 12.4. The molecule has 0 saturated carbocycles. The number of carboxylic acids is 1. The van der Waals surface area contributed by atoms with Crippen LogP contribution < -0.4 is 14.8 Å². The Morgan fingerprint density at radius 3 is 2.23 bits per heavy atom. The fraction of sp³-hybridized carbons (Fsp3) is 0.0833. The number of hydrogen-bond donors (Lipinski definition) is 2. The molecule has 0 spiro atoms. The van der Waals surface area contributed by atoms with Gasteiger partial charge in [-0.1, -0.05) is 48.0 Å². The fourth-order valence-electron chi connectivity index (χ4n) is 3.05. The molecule has 0 aliphatic rings. The van der Waals surface area contributed by atoms with E-state index in [4.69, 9.17) is 21.1 Å². The predicted octanol–water partition coefficient (Wildman–Crippen LogP) is 4.88. The monoisotopic (exact) mass is 437 g/mol. The molecule has 7 heteroatoms. The molecule has 3 aromatic rings. The van der Waals surface area contributed by atoms with Crippen LogP contribution >= 0.6 is 11.6 Å². The number of halogens is 1. The number of carboxylic acid groups (broad SMARTS) is 1. The molecular formula is C24H20ClNO5. The summed E-state index contributed by atoms with van der Waals surface area (Å²) in [6.07, 6.45) is 1.35. The van der Waals surface area contributed by atoms with Crippen molar-refractivity contribution in [1.29, 1.82) is 0 Å². The van der Waals surface area contributed by atoms with Gasteiger partial charge in [-0.25, -0.2) is 4.79 Å². The summed E-state index contributed by atoms with van der Waals surface area (Å²) >= 11 is 6.37. The third kappa shape index (κ3) is 5.05. The van der Waals surface area contributed by atoms with Gasteiger partial charge in [-0.05, 0) is 42.0 Å². The molecule has 6 nitrogen and oxygen atoms in total. The second-order valence-corrected chi connectivity index (χ2v) is 6.87. The Balaban J connectivity index is 2.08. The summed E-state index contributed by atoms with van der Waals surface area (Å²) in [6.45, 7) is 0. The molecule has 2 N–H and O–H groups in total. The van der Waals surface area contributed by atoms with Crippen molar-refractivity contribution in [2.24, 2.45) is 0 Å². The summed E-state index contributed by atoms with van der Waals surface area (Å²) < 4.78 is 11.0. The van der Waals surface area contributed by atoms with Crippen molar-refractivity contribution < 1.29 is 24.2 Å². The molecule has 3 aromatic carbocycles. The summed E-state index contributed by atoms with van der Waals surface area (Å²) in [6, 6.07) is 18.9. The Bertz CT molecular complexity index is 1140. The molecule has 0 bridgehead atoms. The SMILES string of the molecule is COc1cc(/C=C(\NC(=O)c2ccccc2)C(=O)O)cc(-c2ccccc2Cl)c1OC. The fourth-order valence-corrected chi connectivity index (χ4v) is 3.29. The van der Waals surface area contributed by atoms with Gasteiger partial charge in [-0.3, -0.25) is 4.79 Å². The summed E-state index contributed by atoms with van der Waals surface area (Å²) in [5.41, 5.74) is 1.86. The molecule has 0 aromatic heterocycles. The quantitative estimate of drug-likeness (QED) is 0.514. The van der Waals surface area contributed by atoms with Crippen molar-refractivity contribution in [3.63, 3.8) is 0 Å². The number of carbonyl (C=O) groups is 2. The van der Waals surface area contributed by atoms with Gasteiger partial charge in [0.2, 0.25) is 0 Å². The maximum atomic E-state index is 12.4. The van der Waals surface area contributed by atoms with Gasteiger partial charge in [0.25, 0.3) is 5.91 Å². The zero-order valence-corrected chi connectivity index (χ0v) is 17.6. The first kappa shape index (κ1) is 21.9. The minimum atomic E-state index is -1.28. The van der Waals surface area contributed by atoms with E-state index in [1.54, 1.807) is 54.6 Å². The van der Waals surface area contributed by atoms with Gasteiger partial charge in [0, 0.05) is 21.7 Å². The summed E-state index contributed by atoms with van der Waals surface area (Å²) in [5.74, 6) is -0.956. The first-order valence-corrected chi connectivity index (χ1v) is 9.64. The molecule has 0 atom stereocenters. The second kappa shape index (κ2) is 9.82. The van der Waals surface area contributed by atoms with Crippen LogP contribution in [0.3, 0.4) is 0 Å². The Morgan fingerprint density at radius 2 is 1.61 bits per heavy atom. The van der Waals surface area contributed by atoms with E-state index in [-0.39, 0.29) is 5.70 Å². The van der Waals surface area contributed by atoms with E-state index in [1.165, 1.54) is 20.3 Å². The minimum Gasteiger partial charge on any atom is -0.493 e. The Kier molecular flexibility index (Phi) is 6.95. The standard InChI is InChI=1S/C24H20ClNO5/c1-30-21-14-15(12-18(22(21)31-2)17-10-6-7-11-19(17)25)13-20(24(28)29)26-23(27)16-8-4-3-5-9-16/h3-14H,1-2H3,(H,26,27)(H,28,29)/b20-13-. The molecule has 158 valence electrons. The van der Waals surface area contributed by atoms with Crippen molar-refractivity contribution in [3.05, 3.63) is 88.6 Å². The van der Waals surface area contributed by atoms with Gasteiger partial charge >= 0.3 is 5.97 Å². The van der Waals surface area contributed by atoms with Crippen molar-refractivity contribution in [3.8, 4) is 22.6 Å². The number of hydrogen-bond acceptors (Lipinski definition) is 4. The first-order valence-electron chi connectivity index (χ1n) is 9.27. The predicted molar refractivity (Wildman–Crippen MR) is 120 cm³/mol. The van der Waals surface area contributed by atoms with Crippen LogP contribution in [0.15, 0.2) is 72.4 Å². The van der Waals surface area contributed by atoms with Gasteiger partial charge in [-0.2, -0.15) is 0 Å². The highest BCUT2D eigenvalue weighted by atomic mass is 35.5. The lowest BCUT2D eigenvalue weighted by Gasteiger charge is -2.15. The Labute approximate surface area is 184 Å². The molecule has 31 heavy (non-hydrogen) atoms. The molecule has 0 aliphatic carbocycles. The maximum Gasteiger partial charge on any atom is 0.352 e. The van der Waals surface area contributed by atoms with Crippen LogP contribution in [0.25, 0.3) is 17.2 Å². The molecule has 0 saturated heterocycles. The lowest BCUT2D eigenvalue weighted by molar-refractivity contribution is -0.132.